The molecule has 0 saturated carbocycles. The Morgan fingerprint density at radius 1 is 1.54 bits per heavy atom. The van der Waals surface area contributed by atoms with Gasteiger partial charge in [-0.1, -0.05) is 0 Å². The molecule has 0 amide bonds. The van der Waals surface area contributed by atoms with Gasteiger partial charge >= 0.3 is 0 Å². The second-order valence-corrected chi connectivity index (χ2v) is 7.33. The molecule has 1 fully saturated rings. The Balaban J connectivity index is 1.75. The van der Waals surface area contributed by atoms with Crippen LogP contribution < -0.4 is 16.6 Å². The van der Waals surface area contributed by atoms with Gasteiger partial charge in [0.05, 0.1) is 19.0 Å². The van der Waals surface area contributed by atoms with Crippen molar-refractivity contribution in [1.29, 1.82) is 0 Å². The predicted octanol–water partition coefficient (Wildman–Crippen LogP) is -0.843. The summed E-state index contributed by atoms with van der Waals surface area (Å²) in [6.45, 7) is 1.28. The summed E-state index contributed by atoms with van der Waals surface area (Å²) in [5, 5.41) is 3.22. The van der Waals surface area contributed by atoms with Crippen LogP contribution in [0.2, 0.25) is 0 Å². The van der Waals surface area contributed by atoms with Crippen molar-refractivity contribution in [3.63, 3.8) is 0 Å². The standard InChI is InChI=1S/C12H20N7O4P/c1-18(2)24(21)22-5-7-3-14-4-8(23-7)19-6-15-9-10(19)16-12(13)17-11(9)20/h6-8,14,24H,3-5H2,1-2H3,(H3,13,16,17,20)/t7-,8+/m0/s1. The Morgan fingerprint density at radius 3 is 3.08 bits per heavy atom. The lowest BCUT2D eigenvalue weighted by Gasteiger charge is -2.31. The second-order valence-electron chi connectivity index (χ2n) is 5.62. The van der Waals surface area contributed by atoms with E-state index in [4.69, 9.17) is 15.0 Å². The first-order chi connectivity index (χ1) is 11.5. The minimum atomic E-state index is -2.24. The zero-order valence-corrected chi connectivity index (χ0v) is 14.4. The lowest BCUT2D eigenvalue weighted by Crippen LogP contribution is -2.44. The van der Waals surface area contributed by atoms with Gasteiger partial charge in [-0.15, -0.1) is 0 Å². The van der Waals surface area contributed by atoms with Gasteiger partial charge in [0.15, 0.2) is 11.2 Å². The Hall–Kier alpha value is -1.78. The van der Waals surface area contributed by atoms with Crippen LogP contribution in [0, 0.1) is 0 Å². The minimum absolute atomic E-state index is 0.0162. The summed E-state index contributed by atoms with van der Waals surface area (Å²) >= 11 is 0. The molecule has 0 radical (unpaired) electrons. The van der Waals surface area contributed by atoms with Crippen molar-refractivity contribution in [2.45, 2.75) is 12.3 Å². The van der Waals surface area contributed by atoms with E-state index >= 15 is 0 Å². The van der Waals surface area contributed by atoms with Gasteiger partial charge in [-0.2, -0.15) is 4.98 Å². The van der Waals surface area contributed by atoms with E-state index in [1.165, 1.54) is 11.0 Å². The molecule has 12 heteroatoms. The SMILES string of the molecule is CN(C)[PH](=O)OC[C@@H]1CNC[C@H](n2cnc3c(=O)[nH]c(N)nc32)O1. The number of anilines is 1. The molecule has 3 rings (SSSR count). The second kappa shape index (κ2) is 6.99. The Kier molecular flexibility index (Phi) is 4.97. The number of aromatic nitrogens is 4. The summed E-state index contributed by atoms with van der Waals surface area (Å²) < 4.78 is 26.1. The highest BCUT2D eigenvalue weighted by atomic mass is 31.1. The minimum Gasteiger partial charge on any atom is -0.369 e. The number of ether oxygens (including phenoxy) is 1. The molecule has 0 spiro atoms. The summed E-state index contributed by atoms with van der Waals surface area (Å²) in [5.41, 5.74) is 5.75. The maximum absolute atomic E-state index is 11.8. The predicted molar refractivity (Wildman–Crippen MR) is 88.0 cm³/mol. The number of nitrogen functional groups attached to an aromatic ring is 1. The molecule has 3 heterocycles. The molecule has 4 N–H and O–H groups in total. The number of imidazole rings is 1. The Bertz CT molecular complexity index is 804. The van der Waals surface area contributed by atoms with Crippen molar-refractivity contribution in [3.05, 3.63) is 16.7 Å². The van der Waals surface area contributed by atoms with E-state index in [0.29, 0.717) is 18.7 Å². The fraction of sp³-hybridized carbons (Fsp3) is 0.583. The van der Waals surface area contributed by atoms with Crippen LogP contribution >= 0.6 is 8.18 Å². The molecule has 0 bridgehead atoms. The lowest BCUT2D eigenvalue weighted by molar-refractivity contribution is -0.0893. The average molecular weight is 357 g/mol. The number of hydrogen-bond acceptors (Lipinski definition) is 8. The molecule has 1 unspecified atom stereocenters. The molecule has 1 aliphatic rings. The van der Waals surface area contributed by atoms with E-state index in [1.54, 1.807) is 18.7 Å². The summed E-state index contributed by atoms with van der Waals surface area (Å²) in [7, 11) is 1.14. The normalized spacial score (nSPS) is 23.0. The maximum atomic E-state index is 11.8. The van der Waals surface area contributed by atoms with Gasteiger partial charge in [0, 0.05) is 13.1 Å². The Labute approximate surface area is 138 Å². The van der Waals surface area contributed by atoms with Crippen LogP contribution in [-0.2, 0) is 13.8 Å². The fourth-order valence-corrected chi connectivity index (χ4v) is 2.98. The van der Waals surface area contributed by atoms with Gasteiger partial charge < -0.3 is 20.3 Å². The molecule has 2 aromatic rings. The molecule has 1 saturated heterocycles. The van der Waals surface area contributed by atoms with Crippen molar-refractivity contribution >= 4 is 25.3 Å². The maximum Gasteiger partial charge on any atom is 0.280 e. The van der Waals surface area contributed by atoms with E-state index < -0.39 is 20.0 Å². The number of nitrogens with zero attached hydrogens (tertiary/aromatic N) is 4. The smallest absolute Gasteiger partial charge is 0.280 e. The fourth-order valence-electron chi connectivity index (χ4n) is 2.40. The number of morpholine rings is 1. The Morgan fingerprint density at radius 2 is 2.33 bits per heavy atom. The lowest BCUT2D eigenvalue weighted by atomic mass is 10.3. The van der Waals surface area contributed by atoms with Crippen LogP contribution in [-0.4, -0.2) is 64.1 Å². The number of nitrogens with two attached hydrogens (primary N) is 1. The van der Waals surface area contributed by atoms with Crippen molar-refractivity contribution in [3.8, 4) is 0 Å². The summed E-state index contributed by atoms with van der Waals surface area (Å²) in [5.74, 6) is 0.0162. The number of aromatic amines is 1. The number of H-pyrrole nitrogens is 1. The molecule has 132 valence electrons. The molecule has 24 heavy (non-hydrogen) atoms. The summed E-state index contributed by atoms with van der Waals surface area (Å²) in [6, 6.07) is 0. The number of nitrogens with one attached hydrogen (secondary N) is 2. The highest BCUT2D eigenvalue weighted by molar-refractivity contribution is 7.36. The van der Waals surface area contributed by atoms with Gasteiger partial charge in [-0.05, 0) is 14.1 Å². The molecule has 0 aliphatic carbocycles. The highest BCUT2D eigenvalue weighted by Crippen LogP contribution is 2.26. The molecule has 2 aromatic heterocycles. The molecule has 3 atom stereocenters. The van der Waals surface area contributed by atoms with Crippen molar-refractivity contribution < 1.29 is 13.8 Å². The number of hydrogen-bond donors (Lipinski definition) is 3. The first kappa shape index (κ1) is 17.1. The van der Waals surface area contributed by atoms with Crippen molar-refractivity contribution in [1.82, 2.24) is 29.5 Å². The zero-order chi connectivity index (χ0) is 17.3. The van der Waals surface area contributed by atoms with E-state index in [0.717, 1.165) is 0 Å². The third-order valence-electron chi connectivity index (χ3n) is 3.56. The van der Waals surface area contributed by atoms with E-state index in [9.17, 15) is 9.36 Å². The monoisotopic (exact) mass is 357 g/mol. The van der Waals surface area contributed by atoms with Crippen LogP contribution in [0.3, 0.4) is 0 Å². The van der Waals surface area contributed by atoms with E-state index in [-0.39, 0.29) is 24.2 Å². The van der Waals surface area contributed by atoms with Crippen LogP contribution in [0.1, 0.15) is 6.23 Å². The van der Waals surface area contributed by atoms with E-state index in [1.807, 2.05) is 0 Å². The highest BCUT2D eigenvalue weighted by Gasteiger charge is 2.26. The third-order valence-corrected chi connectivity index (χ3v) is 4.70. The van der Waals surface area contributed by atoms with Gasteiger partial charge in [0.25, 0.3) is 13.7 Å². The molecular formula is C12H20N7O4P. The van der Waals surface area contributed by atoms with Gasteiger partial charge in [0.1, 0.15) is 6.23 Å². The van der Waals surface area contributed by atoms with Gasteiger partial charge in [0.2, 0.25) is 5.95 Å². The summed E-state index contributed by atoms with van der Waals surface area (Å²) in [6.07, 6.45) is 0.784. The molecule has 1 aliphatic heterocycles. The van der Waals surface area contributed by atoms with Crippen LogP contribution in [0.4, 0.5) is 5.95 Å². The van der Waals surface area contributed by atoms with Crippen LogP contribution in [0.15, 0.2) is 11.1 Å². The number of rotatable bonds is 5. The van der Waals surface area contributed by atoms with Crippen LogP contribution in [0.5, 0.6) is 0 Å². The van der Waals surface area contributed by atoms with Crippen molar-refractivity contribution in [2.24, 2.45) is 0 Å². The van der Waals surface area contributed by atoms with Gasteiger partial charge in [-0.3, -0.25) is 18.9 Å². The summed E-state index contributed by atoms with van der Waals surface area (Å²) in [4.78, 5) is 22.4. The first-order valence-electron chi connectivity index (χ1n) is 7.38. The average Bonchev–Trinajstić information content (AvgIpc) is 2.96. The first-order valence-corrected chi connectivity index (χ1v) is 8.64. The van der Waals surface area contributed by atoms with Crippen LogP contribution in [0.25, 0.3) is 11.2 Å². The third kappa shape index (κ3) is 3.50. The van der Waals surface area contributed by atoms with Gasteiger partial charge in [-0.25, -0.2) is 9.65 Å². The van der Waals surface area contributed by atoms with Crippen molar-refractivity contribution in [2.75, 3.05) is 39.5 Å². The van der Waals surface area contributed by atoms with E-state index in [2.05, 4.69) is 20.3 Å². The molecular weight excluding hydrogens is 337 g/mol. The molecule has 0 aromatic carbocycles. The zero-order valence-electron chi connectivity index (χ0n) is 13.4. The largest absolute Gasteiger partial charge is 0.369 e. The topological polar surface area (TPSA) is 140 Å². The number of fused-ring (bicyclic) bond motifs is 1. The quantitative estimate of drug-likeness (QED) is 0.584. The molecule has 11 nitrogen and oxygen atoms in total.